The minimum atomic E-state index is 0.0347. The molecule has 0 saturated carbocycles. The van der Waals surface area contributed by atoms with Crippen LogP contribution < -0.4 is 15.4 Å². The lowest BCUT2D eigenvalue weighted by molar-refractivity contribution is 0.232. The Hall–Kier alpha value is -1.36. The Morgan fingerprint density at radius 2 is 2.11 bits per heavy atom. The zero-order valence-corrected chi connectivity index (χ0v) is 12.0. The summed E-state index contributed by atoms with van der Waals surface area (Å²) in [7, 11) is 1.96. The van der Waals surface area contributed by atoms with Gasteiger partial charge in [-0.2, -0.15) is 4.98 Å². The number of aromatic nitrogens is 2. The van der Waals surface area contributed by atoms with Crippen LogP contribution in [-0.4, -0.2) is 36.2 Å². The summed E-state index contributed by atoms with van der Waals surface area (Å²) in [5, 5.41) is 0. The van der Waals surface area contributed by atoms with Crippen molar-refractivity contribution in [3.05, 3.63) is 12.3 Å². The average molecular weight is 252 g/mol. The molecular weight excluding hydrogens is 228 g/mol. The Balaban J connectivity index is 2.76. The highest BCUT2D eigenvalue weighted by molar-refractivity contribution is 5.31. The second-order valence-electron chi connectivity index (χ2n) is 5.59. The summed E-state index contributed by atoms with van der Waals surface area (Å²) in [6, 6.07) is 1.77. The molecule has 5 heteroatoms. The number of hydrogen-bond donors (Lipinski definition) is 1. The summed E-state index contributed by atoms with van der Waals surface area (Å²) in [6.45, 7) is 9.62. The maximum absolute atomic E-state index is 5.74. The molecular formula is C13H24N4O. The van der Waals surface area contributed by atoms with Gasteiger partial charge >= 0.3 is 0 Å². The molecule has 5 nitrogen and oxygen atoms in total. The van der Waals surface area contributed by atoms with E-state index < -0.39 is 0 Å². The van der Waals surface area contributed by atoms with Crippen LogP contribution in [-0.2, 0) is 0 Å². The van der Waals surface area contributed by atoms with E-state index in [1.807, 2.05) is 25.8 Å². The van der Waals surface area contributed by atoms with E-state index in [1.54, 1.807) is 12.3 Å². The quantitative estimate of drug-likeness (QED) is 0.834. The fraction of sp³-hybridized carbons (Fsp3) is 0.692. The Morgan fingerprint density at radius 1 is 1.44 bits per heavy atom. The number of hydrogen-bond acceptors (Lipinski definition) is 5. The molecule has 0 aliphatic rings. The molecule has 1 aromatic rings. The summed E-state index contributed by atoms with van der Waals surface area (Å²) in [4.78, 5) is 10.6. The van der Waals surface area contributed by atoms with Crippen molar-refractivity contribution in [3.63, 3.8) is 0 Å². The lowest BCUT2D eigenvalue weighted by Crippen LogP contribution is -2.37. The predicted molar refractivity (Wildman–Crippen MR) is 73.9 cm³/mol. The van der Waals surface area contributed by atoms with Crippen molar-refractivity contribution >= 4 is 5.95 Å². The van der Waals surface area contributed by atoms with Gasteiger partial charge in [0.15, 0.2) is 0 Å². The van der Waals surface area contributed by atoms with Gasteiger partial charge in [0.1, 0.15) is 0 Å². The third kappa shape index (κ3) is 4.49. The summed E-state index contributed by atoms with van der Waals surface area (Å²) < 4.78 is 5.56. The van der Waals surface area contributed by atoms with Gasteiger partial charge in [0.05, 0.1) is 6.10 Å². The van der Waals surface area contributed by atoms with E-state index >= 15 is 0 Å². The minimum Gasteiger partial charge on any atom is -0.475 e. The Kier molecular flexibility index (Phi) is 4.90. The summed E-state index contributed by atoms with van der Waals surface area (Å²) in [5.41, 5.74) is 5.77. The maximum Gasteiger partial charge on any atom is 0.228 e. The van der Waals surface area contributed by atoms with Crippen LogP contribution in [0.3, 0.4) is 0 Å². The largest absolute Gasteiger partial charge is 0.475 e. The van der Waals surface area contributed by atoms with E-state index in [9.17, 15) is 0 Å². The highest BCUT2D eigenvalue weighted by atomic mass is 16.5. The third-order valence-corrected chi connectivity index (χ3v) is 2.53. The average Bonchev–Trinajstić information content (AvgIpc) is 2.28. The standard InChI is InChI=1S/C13H24N4O/c1-10(2)18-11-6-7-15-12(16-11)17(5)9-13(3,4)8-14/h6-7,10H,8-9,14H2,1-5H3. The highest BCUT2D eigenvalue weighted by Crippen LogP contribution is 2.18. The number of nitrogens with two attached hydrogens (primary N) is 1. The van der Waals surface area contributed by atoms with Crippen LogP contribution in [0.1, 0.15) is 27.7 Å². The molecule has 0 aliphatic carbocycles. The molecule has 2 N–H and O–H groups in total. The Labute approximate surface area is 109 Å². The van der Waals surface area contributed by atoms with Crippen LogP contribution >= 0.6 is 0 Å². The molecule has 1 aromatic heterocycles. The smallest absolute Gasteiger partial charge is 0.228 e. The molecule has 0 saturated heterocycles. The molecule has 0 radical (unpaired) electrons. The van der Waals surface area contributed by atoms with Gasteiger partial charge in [0, 0.05) is 25.9 Å². The van der Waals surface area contributed by atoms with Crippen molar-refractivity contribution in [2.45, 2.75) is 33.8 Å². The minimum absolute atomic E-state index is 0.0347. The second kappa shape index (κ2) is 6.00. The van der Waals surface area contributed by atoms with Gasteiger partial charge in [-0.25, -0.2) is 4.98 Å². The van der Waals surface area contributed by atoms with Crippen molar-refractivity contribution < 1.29 is 4.74 Å². The number of nitrogens with zero attached hydrogens (tertiary/aromatic N) is 3. The van der Waals surface area contributed by atoms with Crippen molar-refractivity contribution in [1.82, 2.24) is 9.97 Å². The first-order valence-electron chi connectivity index (χ1n) is 6.25. The van der Waals surface area contributed by atoms with Crippen LogP contribution in [0.2, 0.25) is 0 Å². The molecule has 0 fully saturated rings. The number of anilines is 1. The molecule has 0 amide bonds. The molecule has 18 heavy (non-hydrogen) atoms. The van der Waals surface area contributed by atoms with Gasteiger partial charge < -0.3 is 15.4 Å². The Bertz CT molecular complexity index is 379. The van der Waals surface area contributed by atoms with Crippen LogP contribution in [0.25, 0.3) is 0 Å². The van der Waals surface area contributed by atoms with Gasteiger partial charge in [-0.1, -0.05) is 13.8 Å². The fourth-order valence-corrected chi connectivity index (χ4v) is 1.60. The van der Waals surface area contributed by atoms with Crippen LogP contribution in [0.15, 0.2) is 12.3 Å². The lowest BCUT2D eigenvalue weighted by Gasteiger charge is -2.29. The van der Waals surface area contributed by atoms with E-state index in [2.05, 4.69) is 23.8 Å². The van der Waals surface area contributed by atoms with Gasteiger partial charge in [0.25, 0.3) is 0 Å². The monoisotopic (exact) mass is 252 g/mol. The van der Waals surface area contributed by atoms with Gasteiger partial charge in [-0.05, 0) is 25.8 Å². The molecule has 102 valence electrons. The molecule has 0 bridgehead atoms. The first-order valence-corrected chi connectivity index (χ1v) is 6.25. The number of ether oxygens (including phenoxy) is 1. The van der Waals surface area contributed by atoms with E-state index in [0.29, 0.717) is 18.4 Å². The molecule has 0 spiro atoms. The molecule has 0 atom stereocenters. The first-order chi connectivity index (χ1) is 8.34. The summed E-state index contributed by atoms with van der Waals surface area (Å²) >= 11 is 0. The van der Waals surface area contributed by atoms with E-state index in [-0.39, 0.29) is 11.5 Å². The van der Waals surface area contributed by atoms with E-state index in [0.717, 1.165) is 6.54 Å². The topological polar surface area (TPSA) is 64.3 Å². The molecule has 0 aliphatic heterocycles. The number of rotatable bonds is 6. The van der Waals surface area contributed by atoms with Crippen molar-refractivity contribution in [1.29, 1.82) is 0 Å². The van der Waals surface area contributed by atoms with Crippen molar-refractivity contribution in [3.8, 4) is 5.88 Å². The van der Waals surface area contributed by atoms with Crippen molar-refractivity contribution in [2.75, 3.05) is 25.0 Å². The Morgan fingerprint density at radius 3 is 2.67 bits per heavy atom. The fourth-order valence-electron chi connectivity index (χ4n) is 1.60. The third-order valence-electron chi connectivity index (χ3n) is 2.53. The SMILES string of the molecule is CC(C)Oc1ccnc(N(C)CC(C)(C)CN)n1. The molecule has 0 unspecified atom stereocenters. The van der Waals surface area contributed by atoms with Gasteiger partial charge in [-0.15, -0.1) is 0 Å². The highest BCUT2D eigenvalue weighted by Gasteiger charge is 2.19. The van der Waals surface area contributed by atoms with Crippen LogP contribution in [0, 0.1) is 5.41 Å². The molecule has 0 aromatic carbocycles. The zero-order valence-electron chi connectivity index (χ0n) is 12.0. The molecule has 1 heterocycles. The summed E-state index contributed by atoms with van der Waals surface area (Å²) in [5.74, 6) is 1.27. The van der Waals surface area contributed by atoms with E-state index in [1.165, 1.54) is 0 Å². The van der Waals surface area contributed by atoms with Gasteiger partial charge in [0.2, 0.25) is 11.8 Å². The maximum atomic E-state index is 5.74. The predicted octanol–water partition coefficient (Wildman–Crippen LogP) is 1.68. The normalized spacial score (nSPS) is 11.7. The lowest BCUT2D eigenvalue weighted by atomic mass is 9.93. The summed E-state index contributed by atoms with van der Waals surface area (Å²) in [6.07, 6.45) is 1.82. The van der Waals surface area contributed by atoms with Gasteiger partial charge in [-0.3, -0.25) is 0 Å². The van der Waals surface area contributed by atoms with Crippen molar-refractivity contribution in [2.24, 2.45) is 11.1 Å². The first kappa shape index (κ1) is 14.7. The second-order valence-corrected chi connectivity index (χ2v) is 5.59. The molecule has 1 rings (SSSR count). The van der Waals surface area contributed by atoms with Crippen LogP contribution in [0.4, 0.5) is 5.95 Å². The zero-order chi connectivity index (χ0) is 13.8. The van der Waals surface area contributed by atoms with Crippen LogP contribution in [0.5, 0.6) is 5.88 Å². The van der Waals surface area contributed by atoms with E-state index in [4.69, 9.17) is 10.5 Å².